The van der Waals surface area contributed by atoms with E-state index in [1.54, 1.807) is 18.2 Å². The maximum absolute atomic E-state index is 11.2. The minimum absolute atomic E-state index is 0.334. The predicted molar refractivity (Wildman–Crippen MR) is 56.9 cm³/mol. The Hall–Kier alpha value is -1.69. The van der Waals surface area contributed by atoms with Gasteiger partial charge >= 0.3 is 0 Å². The third kappa shape index (κ3) is 1.63. The van der Waals surface area contributed by atoms with Crippen LogP contribution in [0.5, 0.6) is 0 Å². The molecule has 0 fully saturated rings. The Bertz CT molecular complexity index is 561. The van der Waals surface area contributed by atoms with Crippen LogP contribution in [0.2, 0.25) is 0 Å². The van der Waals surface area contributed by atoms with Crippen molar-refractivity contribution in [2.45, 2.75) is 5.16 Å². The van der Waals surface area contributed by atoms with Crippen LogP contribution in [0.3, 0.4) is 0 Å². The second kappa shape index (κ2) is 3.47. The van der Waals surface area contributed by atoms with Crippen molar-refractivity contribution in [2.24, 2.45) is 5.73 Å². The zero-order chi connectivity index (χ0) is 11.0. The largest absolute Gasteiger partial charge is 0.366 e. The molecule has 0 aliphatic rings. The van der Waals surface area contributed by atoms with Gasteiger partial charge in [-0.1, -0.05) is 6.07 Å². The van der Waals surface area contributed by atoms with Gasteiger partial charge in [0.1, 0.15) is 5.52 Å². The van der Waals surface area contributed by atoms with Gasteiger partial charge in [-0.15, -0.1) is 0 Å². The highest BCUT2D eigenvalue weighted by atomic mass is 32.2. The number of benzene rings is 1. The number of para-hydroxylation sites is 1. The number of H-pyrrole nitrogens is 1. The molecule has 5 nitrogen and oxygen atoms in total. The van der Waals surface area contributed by atoms with Crippen LogP contribution in [0.4, 0.5) is 0 Å². The summed E-state index contributed by atoms with van der Waals surface area (Å²) in [5.74, 6) is -0.541. The third-order valence-corrected chi connectivity index (χ3v) is 2.77. The molecule has 1 aromatic heterocycles. The number of primary amides is 1. The fraction of sp³-hybridized carbons (Fsp3) is 0.111. The number of amides is 1. The van der Waals surface area contributed by atoms with E-state index in [0.29, 0.717) is 21.8 Å². The number of hydrogen-bond donors (Lipinski definition) is 2. The van der Waals surface area contributed by atoms with Gasteiger partial charge in [0.05, 0.1) is 21.9 Å². The quantitative estimate of drug-likeness (QED) is 0.772. The molecular weight excluding hydrogens is 214 g/mol. The van der Waals surface area contributed by atoms with Gasteiger partial charge in [-0.25, -0.2) is 4.98 Å². The lowest BCUT2D eigenvalue weighted by atomic mass is 10.2. The van der Waals surface area contributed by atoms with Crippen molar-refractivity contribution in [1.82, 2.24) is 9.97 Å². The molecule has 78 valence electrons. The van der Waals surface area contributed by atoms with E-state index in [1.807, 2.05) is 0 Å². The Morgan fingerprint density at radius 1 is 1.53 bits per heavy atom. The summed E-state index contributed by atoms with van der Waals surface area (Å²) >= 11 is 0. The molecule has 0 saturated carbocycles. The fourth-order valence-electron chi connectivity index (χ4n) is 1.34. The number of nitrogens with zero attached hydrogens (tertiary/aromatic N) is 1. The van der Waals surface area contributed by atoms with Crippen molar-refractivity contribution in [3.63, 3.8) is 0 Å². The third-order valence-electron chi connectivity index (χ3n) is 2.03. The summed E-state index contributed by atoms with van der Waals surface area (Å²) in [5.41, 5.74) is 6.66. The summed E-state index contributed by atoms with van der Waals surface area (Å²) in [7, 11) is -1.20. The number of fused-ring (bicyclic) bond motifs is 1. The first-order valence-electron chi connectivity index (χ1n) is 4.21. The molecule has 1 aromatic carbocycles. The lowest BCUT2D eigenvalue weighted by Crippen LogP contribution is -2.11. The van der Waals surface area contributed by atoms with E-state index >= 15 is 0 Å². The molecule has 2 rings (SSSR count). The summed E-state index contributed by atoms with van der Waals surface area (Å²) in [6.45, 7) is 0. The van der Waals surface area contributed by atoms with Crippen molar-refractivity contribution in [2.75, 3.05) is 6.26 Å². The summed E-state index contributed by atoms with van der Waals surface area (Å²) < 4.78 is 11.2. The van der Waals surface area contributed by atoms with Gasteiger partial charge in [0, 0.05) is 6.26 Å². The first-order chi connectivity index (χ1) is 7.09. The number of nitrogens with one attached hydrogen (secondary N) is 1. The van der Waals surface area contributed by atoms with Crippen LogP contribution in [-0.2, 0) is 10.8 Å². The van der Waals surface area contributed by atoms with Crippen LogP contribution in [0.15, 0.2) is 23.4 Å². The van der Waals surface area contributed by atoms with E-state index < -0.39 is 16.7 Å². The maximum Gasteiger partial charge on any atom is 0.250 e. The smallest absolute Gasteiger partial charge is 0.250 e. The van der Waals surface area contributed by atoms with Crippen molar-refractivity contribution >= 4 is 27.7 Å². The number of hydrogen-bond acceptors (Lipinski definition) is 3. The second-order valence-corrected chi connectivity index (χ2v) is 4.36. The number of aromatic nitrogens is 2. The van der Waals surface area contributed by atoms with E-state index in [1.165, 1.54) is 6.26 Å². The molecule has 1 heterocycles. The first kappa shape index (κ1) is 9.85. The standard InChI is InChI=1S/C9H9N3O2S/c1-15(14)9-11-6-4-2-3-5(8(10)13)7(6)12-9/h2-4H,1H3,(H2,10,13)(H,11,12). The highest BCUT2D eigenvalue weighted by molar-refractivity contribution is 7.84. The fourth-order valence-corrected chi connectivity index (χ4v) is 1.82. The molecule has 6 heteroatoms. The van der Waals surface area contributed by atoms with E-state index in [0.717, 1.165) is 0 Å². The van der Waals surface area contributed by atoms with Crippen molar-refractivity contribution in [3.8, 4) is 0 Å². The lowest BCUT2D eigenvalue weighted by Gasteiger charge is -1.94. The summed E-state index contributed by atoms with van der Waals surface area (Å²) in [4.78, 5) is 18.0. The molecule has 0 aliphatic heterocycles. The van der Waals surface area contributed by atoms with Gasteiger partial charge in [0.2, 0.25) is 0 Å². The van der Waals surface area contributed by atoms with E-state index in [9.17, 15) is 9.00 Å². The van der Waals surface area contributed by atoms with Crippen LogP contribution in [0.25, 0.3) is 11.0 Å². The van der Waals surface area contributed by atoms with Gasteiger partial charge in [-0.3, -0.25) is 9.00 Å². The topological polar surface area (TPSA) is 88.8 Å². The number of carbonyl (C=O) groups is 1. The summed E-state index contributed by atoms with van der Waals surface area (Å²) in [6.07, 6.45) is 1.52. The van der Waals surface area contributed by atoms with Crippen LogP contribution in [0, 0.1) is 0 Å². The van der Waals surface area contributed by atoms with Gasteiger partial charge < -0.3 is 10.7 Å². The predicted octanol–water partition coefficient (Wildman–Crippen LogP) is 0.399. The average molecular weight is 223 g/mol. The molecule has 15 heavy (non-hydrogen) atoms. The Morgan fingerprint density at radius 3 is 2.87 bits per heavy atom. The van der Waals surface area contributed by atoms with Crippen LogP contribution in [-0.4, -0.2) is 26.3 Å². The van der Waals surface area contributed by atoms with Gasteiger partial charge in [-0.05, 0) is 12.1 Å². The van der Waals surface area contributed by atoms with Gasteiger partial charge in [0.25, 0.3) is 5.91 Å². The summed E-state index contributed by atoms with van der Waals surface area (Å²) in [5, 5.41) is 0.346. The lowest BCUT2D eigenvalue weighted by molar-refractivity contribution is 0.100. The minimum atomic E-state index is -1.20. The molecule has 2 aromatic rings. The zero-order valence-electron chi connectivity index (χ0n) is 7.98. The maximum atomic E-state index is 11.2. The first-order valence-corrected chi connectivity index (χ1v) is 5.77. The van der Waals surface area contributed by atoms with Crippen molar-refractivity contribution in [1.29, 1.82) is 0 Å². The number of carbonyl (C=O) groups excluding carboxylic acids is 1. The molecule has 1 atom stereocenters. The Morgan fingerprint density at radius 2 is 2.27 bits per heavy atom. The van der Waals surface area contributed by atoms with Gasteiger partial charge in [-0.2, -0.15) is 0 Å². The van der Waals surface area contributed by atoms with E-state index in [2.05, 4.69) is 9.97 Å². The highest BCUT2D eigenvalue weighted by Crippen LogP contribution is 2.17. The van der Waals surface area contributed by atoms with E-state index in [-0.39, 0.29) is 0 Å². The number of rotatable bonds is 2. The van der Waals surface area contributed by atoms with Crippen LogP contribution in [0.1, 0.15) is 10.4 Å². The number of imidazole rings is 1. The van der Waals surface area contributed by atoms with Crippen LogP contribution < -0.4 is 5.73 Å². The normalized spacial score (nSPS) is 12.9. The molecule has 0 spiro atoms. The number of nitrogens with two attached hydrogens (primary N) is 1. The zero-order valence-corrected chi connectivity index (χ0v) is 8.80. The van der Waals surface area contributed by atoms with Gasteiger partial charge in [0.15, 0.2) is 5.16 Å². The molecule has 3 N–H and O–H groups in total. The van der Waals surface area contributed by atoms with Crippen LogP contribution >= 0.6 is 0 Å². The average Bonchev–Trinajstić information content (AvgIpc) is 2.60. The van der Waals surface area contributed by atoms with E-state index in [4.69, 9.17) is 5.73 Å². The SMILES string of the molecule is CS(=O)c1nc2c(C(N)=O)cccc2[nH]1. The molecule has 1 amide bonds. The minimum Gasteiger partial charge on any atom is -0.366 e. The van der Waals surface area contributed by atoms with Crippen molar-refractivity contribution < 1.29 is 9.00 Å². The summed E-state index contributed by atoms with van der Waals surface area (Å²) in [6, 6.07) is 5.04. The molecular formula is C9H9N3O2S. The Balaban J connectivity index is 2.75. The molecule has 1 unspecified atom stereocenters. The molecule has 0 radical (unpaired) electrons. The number of aromatic amines is 1. The second-order valence-electron chi connectivity index (χ2n) is 3.06. The Kier molecular flexibility index (Phi) is 2.28. The Labute approximate surface area is 88.1 Å². The van der Waals surface area contributed by atoms with Crippen molar-refractivity contribution in [3.05, 3.63) is 23.8 Å². The molecule has 0 saturated heterocycles. The molecule has 0 bridgehead atoms. The molecule has 0 aliphatic carbocycles. The monoisotopic (exact) mass is 223 g/mol. The highest BCUT2D eigenvalue weighted by Gasteiger charge is 2.11.